The summed E-state index contributed by atoms with van der Waals surface area (Å²) in [7, 11) is 1.28. The molecule has 7 heteroatoms. The molecule has 23 heavy (non-hydrogen) atoms. The summed E-state index contributed by atoms with van der Waals surface area (Å²) < 4.78 is 37.7. The quantitative estimate of drug-likeness (QED) is 0.692. The molecule has 0 aliphatic heterocycles. The average Bonchev–Trinajstić information content (AvgIpc) is 2.49. The van der Waals surface area contributed by atoms with Gasteiger partial charge in [-0.2, -0.15) is 13.2 Å². The van der Waals surface area contributed by atoms with Crippen LogP contribution < -0.4 is 0 Å². The van der Waals surface area contributed by atoms with E-state index in [0.717, 1.165) is 28.2 Å². The van der Waals surface area contributed by atoms with Crippen molar-refractivity contribution in [3.8, 4) is 0 Å². The largest absolute Gasteiger partial charge is 0.416 e. The molecule has 2 aromatic rings. The second-order valence-electron chi connectivity index (χ2n) is 4.97. The highest BCUT2D eigenvalue weighted by Crippen LogP contribution is 2.37. The number of aryl methyl sites for hydroxylation is 2. The van der Waals surface area contributed by atoms with E-state index in [-0.39, 0.29) is 0 Å². The van der Waals surface area contributed by atoms with Gasteiger partial charge in [0, 0.05) is 21.9 Å². The van der Waals surface area contributed by atoms with Crippen molar-refractivity contribution in [3.63, 3.8) is 0 Å². The summed E-state index contributed by atoms with van der Waals surface area (Å²) in [5, 5.41) is 0. The van der Waals surface area contributed by atoms with Gasteiger partial charge in [0.05, 0.1) is 10.5 Å². The number of benzene rings is 2. The lowest BCUT2D eigenvalue weighted by Gasteiger charge is -2.10. The lowest BCUT2D eigenvalue weighted by molar-refractivity contribution is -0.736. The van der Waals surface area contributed by atoms with Gasteiger partial charge in [-0.05, 0) is 49.2 Å². The number of hydrogen-bond donors (Lipinski definition) is 0. The summed E-state index contributed by atoms with van der Waals surface area (Å²) in [6.07, 6.45) is -4.34. The lowest BCUT2D eigenvalue weighted by Crippen LogP contribution is -2.03. The number of hydrogen-bond acceptors (Lipinski definition) is 3. The van der Waals surface area contributed by atoms with Crippen molar-refractivity contribution in [1.82, 2.24) is 0 Å². The summed E-state index contributed by atoms with van der Waals surface area (Å²) in [6.45, 7) is 3.68. The van der Waals surface area contributed by atoms with Gasteiger partial charge in [-0.15, -0.1) is 0 Å². The van der Waals surface area contributed by atoms with E-state index in [2.05, 4.69) is 4.84 Å². The second kappa shape index (κ2) is 6.62. The Morgan fingerprint density at radius 1 is 1.04 bits per heavy atom. The predicted molar refractivity (Wildman–Crippen MR) is 81.8 cm³/mol. The first-order valence-electron chi connectivity index (χ1n) is 6.70. The SMILES string of the molecule is CO[N+](=O)c1cc(C)c(Sc2ccc(C(F)(F)F)cc2)c(C)c1. The van der Waals surface area contributed by atoms with E-state index in [1.54, 1.807) is 12.1 Å². The van der Waals surface area contributed by atoms with Gasteiger partial charge < -0.3 is 0 Å². The van der Waals surface area contributed by atoms with Crippen LogP contribution in [-0.4, -0.2) is 12.0 Å². The predicted octanol–water partition coefficient (Wildman–Crippen LogP) is 5.45. The maximum Gasteiger partial charge on any atom is 0.416 e. The molecule has 0 fully saturated rings. The minimum atomic E-state index is -4.34. The highest BCUT2D eigenvalue weighted by atomic mass is 32.2. The molecule has 2 rings (SSSR count). The van der Waals surface area contributed by atoms with E-state index in [1.807, 2.05) is 13.8 Å². The molecule has 0 aliphatic rings. The highest BCUT2D eigenvalue weighted by Gasteiger charge is 2.30. The first kappa shape index (κ1) is 17.3. The zero-order valence-electron chi connectivity index (χ0n) is 12.8. The molecular formula is C16H15F3NO2S+. The molecule has 0 aromatic heterocycles. The number of nitrogens with zero attached hydrogens (tertiary/aromatic N) is 1. The molecule has 0 saturated carbocycles. The van der Waals surface area contributed by atoms with Gasteiger partial charge in [0.25, 0.3) is 4.92 Å². The molecule has 3 nitrogen and oxygen atoms in total. The molecule has 2 aromatic carbocycles. The molecular weight excluding hydrogens is 327 g/mol. The molecule has 0 aliphatic carbocycles. The third-order valence-corrected chi connectivity index (χ3v) is 4.58. The van der Waals surface area contributed by atoms with E-state index in [9.17, 15) is 18.1 Å². The van der Waals surface area contributed by atoms with Gasteiger partial charge >= 0.3 is 11.9 Å². The molecule has 0 radical (unpaired) electrons. The van der Waals surface area contributed by atoms with E-state index in [4.69, 9.17) is 0 Å². The highest BCUT2D eigenvalue weighted by molar-refractivity contribution is 7.99. The molecule has 0 bridgehead atoms. The van der Waals surface area contributed by atoms with Gasteiger partial charge in [-0.3, -0.25) is 0 Å². The third kappa shape index (κ3) is 4.04. The summed E-state index contributed by atoms with van der Waals surface area (Å²) in [6, 6.07) is 8.36. The van der Waals surface area contributed by atoms with Crippen LogP contribution in [0.1, 0.15) is 16.7 Å². The van der Waals surface area contributed by atoms with E-state index in [1.165, 1.54) is 31.0 Å². The van der Waals surface area contributed by atoms with Gasteiger partial charge in [0.1, 0.15) is 0 Å². The van der Waals surface area contributed by atoms with E-state index >= 15 is 0 Å². The van der Waals surface area contributed by atoms with E-state index < -0.39 is 11.7 Å². The van der Waals surface area contributed by atoms with Crippen LogP contribution in [0, 0.1) is 18.8 Å². The molecule has 122 valence electrons. The van der Waals surface area contributed by atoms with Crippen molar-refractivity contribution in [2.75, 3.05) is 7.11 Å². The Morgan fingerprint density at radius 3 is 2.00 bits per heavy atom. The summed E-state index contributed by atoms with van der Waals surface area (Å²) in [4.78, 5) is 18.1. The molecule has 0 heterocycles. The zero-order chi connectivity index (χ0) is 17.2. The molecule has 0 spiro atoms. The molecule has 0 saturated heterocycles. The first-order chi connectivity index (χ1) is 10.7. The van der Waals surface area contributed by atoms with Crippen molar-refractivity contribution in [2.24, 2.45) is 0 Å². The van der Waals surface area contributed by atoms with Gasteiger partial charge in [0.2, 0.25) is 0 Å². The fraction of sp³-hybridized carbons (Fsp3) is 0.250. The second-order valence-corrected chi connectivity index (χ2v) is 6.06. The minimum absolute atomic E-state index is 0.374. The summed E-state index contributed by atoms with van der Waals surface area (Å²) in [5.41, 5.74) is 1.40. The topological polar surface area (TPSA) is 29.3 Å². The van der Waals surface area contributed by atoms with Gasteiger partial charge in [-0.1, -0.05) is 11.8 Å². The maximum atomic E-state index is 12.6. The summed E-state index contributed by atoms with van der Waals surface area (Å²) >= 11 is 1.36. The van der Waals surface area contributed by atoms with E-state index in [0.29, 0.717) is 15.5 Å². The van der Waals surface area contributed by atoms with Crippen molar-refractivity contribution >= 4 is 17.4 Å². The van der Waals surface area contributed by atoms with Crippen molar-refractivity contribution in [3.05, 3.63) is 58.0 Å². The van der Waals surface area contributed by atoms with Crippen LogP contribution in [0.2, 0.25) is 0 Å². The lowest BCUT2D eigenvalue weighted by atomic mass is 10.1. The Labute approximate surface area is 136 Å². The van der Waals surface area contributed by atoms with Crippen LogP contribution in [-0.2, 0) is 11.0 Å². The van der Waals surface area contributed by atoms with Crippen LogP contribution in [0.3, 0.4) is 0 Å². The number of rotatable bonds is 4. The Bertz CT molecular complexity index is 704. The number of halogens is 3. The van der Waals surface area contributed by atoms with Crippen LogP contribution in [0.25, 0.3) is 0 Å². The van der Waals surface area contributed by atoms with Gasteiger partial charge in [0.15, 0.2) is 7.11 Å². The Morgan fingerprint density at radius 2 is 1.57 bits per heavy atom. The monoisotopic (exact) mass is 342 g/mol. The average molecular weight is 342 g/mol. The molecule has 0 atom stereocenters. The minimum Gasteiger partial charge on any atom is -0.230 e. The Hall–Kier alpha value is -2.02. The molecule has 0 unspecified atom stereocenters. The van der Waals surface area contributed by atoms with Crippen LogP contribution >= 0.6 is 11.8 Å². The standard InChI is InChI=1S/C16H15F3NO2S/c1-10-8-13(20(21)22-3)9-11(2)15(10)23-14-6-4-12(5-7-14)16(17,18)19/h4-9H,1-3H3/q+1. The number of alkyl halides is 3. The molecule has 0 amide bonds. The van der Waals surface area contributed by atoms with Crippen LogP contribution in [0.4, 0.5) is 18.9 Å². The summed E-state index contributed by atoms with van der Waals surface area (Å²) in [5.74, 6) is 0. The maximum absolute atomic E-state index is 12.6. The fourth-order valence-electron chi connectivity index (χ4n) is 2.13. The smallest absolute Gasteiger partial charge is 0.230 e. The van der Waals surface area contributed by atoms with Crippen LogP contribution in [0.15, 0.2) is 46.2 Å². The Balaban J connectivity index is 2.28. The Kier molecular flexibility index (Phi) is 4.99. The van der Waals surface area contributed by atoms with Gasteiger partial charge in [-0.25, -0.2) is 4.84 Å². The third-order valence-electron chi connectivity index (χ3n) is 3.22. The van der Waals surface area contributed by atoms with Crippen molar-refractivity contribution in [2.45, 2.75) is 29.8 Å². The van der Waals surface area contributed by atoms with Crippen molar-refractivity contribution in [1.29, 1.82) is 0 Å². The zero-order valence-corrected chi connectivity index (χ0v) is 13.6. The molecule has 0 N–H and O–H groups in total. The van der Waals surface area contributed by atoms with Crippen molar-refractivity contribution < 1.29 is 22.9 Å². The fourth-order valence-corrected chi connectivity index (χ4v) is 3.08. The normalized spacial score (nSPS) is 11.4. The first-order valence-corrected chi connectivity index (χ1v) is 7.51. The van der Waals surface area contributed by atoms with Crippen LogP contribution in [0.5, 0.6) is 0 Å².